The first-order valence-electron chi connectivity index (χ1n) is 6.01. The normalized spacial score (nSPS) is 10.4. The number of aryl methyl sites for hydroxylation is 2. The number of ether oxygens (including phenoxy) is 1. The van der Waals surface area contributed by atoms with Crippen molar-refractivity contribution < 1.29 is 13.9 Å². The lowest BCUT2D eigenvalue weighted by Crippen LogP contribution is -2.05. The topological polar surface area (TPSA) is 39.4 Å². The SMILES string of the molecule is CCCc1cc(C(=O)OCC)c(CCC)o1. The first kappa shape index (κ1) is 12.8. The zero-order valence-corrected chi connectivity index (χ0v) is 10.3. The van der Waals surface area contributed by atoms with Crippen LogP contribution in [0.5, 0.6) is 0 Å². The van der Waals surface area contributed by atoms with Gasteiger partial charge in [0.05, 0.1) is 6.61 Å². The molecule has 0 bridgehead atoms. The molecular weight excluding hydrogens is 204 g/mol. The number of hydrogen-bond acceptors (Lipinski definition) is 3. The van der Waals surface area contributed by atoms with Crippen molar-refractivity contribution in [3.63, 3.8) is 0 Å². The molecule has 0 radical (unpaired) electrons. The number of furan rings is 1. The van der Waals surface area contributed by atoms with Crippen LogP contribution in [0.15, 0.2) is 10.5 Å². The molecule has 0 N–H and O–H groups in total. The second kappa shape index (κ2) is 6.36. The zero-order valence-electron chi connectivity index (χ0n) is 10.3. The van der Waals surface area contributed by atoms with Crippen LogP contribution in [0.25, 0.3) is 0 Å². The Labute approximate surface area is 96.8 Å². The first-order valence-corrected chi connectivity index (χ1v) is 6.01. The predicted molar refractivity (Wildman–Crippen MR) is 62.7 cm³/mol. The number of esters is 1. The molecule has 0 amide bonds. The van der Waals surface area contributed by atoms with Crippen LogP contribution in [0.3, 0.4) is 0 Å². The molecule has 0 aliphatic rings. The molecule has 3 nitrogen and oxygen atoms in total. The standard InChI is InChI=1S/C13H20O3/c1-4-7-10-9-11(13(14)15-6-3)12(16-10)8-5-2/h9H,4-8H2,1-3H3. The van der Waals surface area contributed by atoms with Gasteiger partial charge < -0.3 is 9.15 Å². The van der Waals surface area contributed by atoms with Crippen LogP contribution in [0.4, 0.5) is 0 Å². The minimum absolute atomic E-state index is 0.267. The molecule has 1 aromatic rings. The van der Waals surface area contributed by atoms with Crippen molar-refractivity contribution in [2.45, 2.75) is 46.5 Å². The van der Waals surface area contributed by atoms with Crippen LogP contribution < -0.4 is 0 Å². The van der Waals surface area contributed by atoms with Gasteiger partial charge in [-0.1, -0.05) is 13.8 Å². The Hall–Kier alpha value is -1.25. The Morgan fingerprint density at radius 3 is 2.50 bits per heavy atom. The fraction of sp³-hybridized carbons (Fsp3) is 0.615. The second-order valence-electron chi connectivity index (χ2n) is 3.77. The molecular formula is C13H20O3. The highest BCUT2D eigenvalue weighted by atomic mass is 16.5. The molecule has 1 rings (SSSR count). The van der Waals surface area contributed by atoms with Crippen LogP contribution in [0.1, 0.15) is 55.5 Å². The van der Waals surface area contributed by atoms with Gasteiger partial charge in [-0.3, -0.25) is 0 Å². The van der Waals surface area contributed by atoms with Crippen molar-refractivity contribution in [1.82, 2.24) is 0 Å². The van der Waals surface area contributed by atoms with Gasteiger partial charge in [0.15, 0.2) is 0 Å². The van der Waals surface area contributed by atoms with Crippen LogP contribution in [-0.4, -0.2) is 12.6 Å². The third kappa shape index (κ3) is 3.12. The molecule has 0 aromatic carbocycles. The molecule has 1 aromatic heterocycles. The Morgan fingerprint density at radius 2 is 1.94 bits per heavy atom. The van der Waals surface area contributed by atoms with Crippen molar-refractivity contribution in [1.29, 1.82) is 0 Å². The maximum Gasteiger partial charge on any atom is 0.341 e. The van der Waals surface area contributed by atoms with E-state index < -0.39 is 0 Å². The predicted octanol–water partition coefficient (Wildman–Crippen LogP) is 3.36. The largest absolute Gasteiger partial charge is 0.465 e. The van der Waals surface area contributed by atoms with Gasteiger partial charge in [0.1, 0.15) is 17.1 Å². The smallest absolute Gasteiger partial charge is 0.341 e. The van der Waals surface area contributed by atoms with Gasteiger partial charge in [0.25, 0.3) is 0 Å². The van der Waals surface area contributed by atoms with E-state index in [0.717, 1.165) is 37.2 Å². The minimum atomic E-state index is -0.267. The van der Waals surface area contributed by atoms with Gasteiger partial charge in [0, 0.05) is 12.8 Å². The van der Waals surface area contributed by atoms with E-state index >= 15 is 0 Å². The Morgan fingerprint density at radius 1 is 1.25 bits per heavy atom. The fourth-order valence-electron chi connectivity index (χ4n) is 1.65. The highest BCUT2D eigenvalue weighted by Crippen LogP contribution is 2.19. The second-order valence-corrected chi connectivity index (χ2v) is 3.77. The van der Waals surface area contributed by atoms with Crippen molar-refractivity contribution in [3.05, 3.63) is 23.2 Å². The third-order valence-corrected chi connectivity index (χ3v) is 2.33. The molecule has 0 fully saturated rings. The quantitative estimate of drug-likeness (QED) is 0.695. The van der Waals surface area contributed by atoms with E-state index in [9.17, 15) is 4.79 Å². The molecule has 90 valence electrons. The highest BCUT2D eigenvalue weighted by molar-refractivity contribution is 5.90. The summed E-state index contributed by atoms with van der Waals surface area (Å²) in [5.41, 5.74) is 0.604. The summed E-state index contributed by atoms with van der Waals surface area (Å²) < 4.78 is 10.7. The summed E-state index contributed by atoms with van der Waals surface area (Å²) in [5.74, 6) is 1.38. The monoisotopic (exact) mass is 224 g/mol. The van der Waals surface area contributed by atoms with Crippen LogP contribution >= 0.6 is 0 Å². The number of carbonyl (C=O) groups is 1. The average Bonchev–Trinajstić information content (AvgIpc) is 2.63. The van der Waals surface area contributed by atoms with Gasteiger partial charge in [-0.25, -0.2) is 4.79 Å². The van der Waals surface area contributed by atoms with E-state index in [1.54, 1.807) is 0 Å². The molecule has 1 heterocycles. The maximum absolute atomic E-state index is 11.7. The lowest BCUT2D eigenvalue weighted by molar-refractivity contribution is 0.0524. The van der Waals surface area contributed by atoms with Gasteiger partial charge in [-0.2, -0.15) is 0 Å². The summed E-state index contributed by atoms with van der Waals surface area (Å²) in [6.07, 6.45) is 3.64. The fourth-order valence-corrected chi connectivity index (χ4v) is 1.65. The summed E-state index contributed by atoms with van der Waals surface area (Å²) in [5, 5.41) is 0. The molecule has 0 atom stereocenters. The summed E-state index contributed by atoms with van der Waals surface area (Å²) in [6.45, 7) is 6.37. The van der Waals surface area contributed by atoms with Crippen LogP contribution in [0, 0.1) is 0 Å². The highest BCUT2D eigenvalue weighted by Gasteiger charge is 2.17. The summed E-state index contributed by atoms with van der Waals surface area (Å²) >= 11 is 0. The van der Waals surface area contributed by atoms with Crippen molar-refractivity contribution in [2.24, 2.45) is 0 Å². The maximum atomic E-state index is 11.7. The van der Waals surface area contributed by atoms with E-state index in [0.29, 0.717) is 12.2 Å². The van der Waals surface area contributed by atoms with Gasteiger partial charge in [-0.15, -0.1) is 0 Å². The zero-order chi connectivity index (χ0) is 12.0. The van der Waals surface area contributed by atoms with Gasteiger partial charge in [0.2, 0.25) is 0 Å². The molecule has 0 aliphatic heterocycles. The van der Waals surface area contributed by atoms with Crippen LogP contribution in [-0.2, 0) is 17.6 Å². The molecule has 0 saturated heterocycles. The number of carbonyl (C=O) groups excluding carboxylic acids is 1. The molecule has 0 aliphatic carbocycles. The van der Waals surface area contributed by atoms with Gasteiger partial charge >= 0.3 is 5.97 Å². The average molecular weight is 224 g/mol. The van der Waals surface area contributed by atoms with Crippen molar-refractivity contribution in [2.75, 3.05) is 6.61 Å². The van der Waals surface area contributed by atoms with E-state index in [1.165, 1.54) is 0 Å². The first-order chi connectivity index (χ1) is 7.72. The molecule has 0 saturated carbocycles. The van der Waals surface area contributed by atoms with Gasteiger partial charge in [-0.05, 0) is 25.8 Å². The van der Waals surface area contributed by atoms with Crippen molar-refractivity contribution >= 4 is 5.97 Å². The lowest BCUT2D eigenvalue weighted by atomic mass is 10.1. The van der Waals surface area contributed by atoms with Crippen molar-refractivity contribution in [3.8, 4) is 0 Å². The van der Waals surface area contributed by atoms with E-state index in [1.807, 2.05) is 13.0 Å². The molecule has 3 heteroatoms. The Balaban J connectivity index is 2.90. The van der Waals surface area contributed by atoms with E-state index in [4.69, 9.17) is 9.15 Å². The summed E-state index contributed by atoms with van der Waals surface area (Å²) in [7, 11) is 0. The number of hydrogen-bond donors (Lipinski definition) is 0. The number of rotatable bonds is 6. The van der Waals surface area contributed by atoms with Crippen LogP contribution in [0.2, 0.25) is 0 Å². The Kier molecular flexibility index (Phi) is 5.09. The van der Waals surface area contributed by atoms with E-state index in [-0.39, 0.29) is 5.97 Å². The van der Waals surface area contributed by atoms with E-state index in [2.05, 4.69) is 13.8 Å². The summed E-state index contributed by atoms with van der Waals surface area (Å²) in [6, 6.07) is 1.83. The molecule has 16 heavy (non-hydrogen) atoms. The summed E-state index contributed by atoms with van der Waals surface area (Å²) in [4.78, 5) is 11.7. The minimum Gasteiger partial charge on any atom is -0.465 e. The molecule has 0 spiro atoms. The third-order valence-electron chi connectivity index (χ3n) is 2.33. The Bertz CT molecular complexity index is 339. The molecule has 0 unspecified atom stereocenters. The lowest BCUT2D eigenvalue weighted by Gasteiger charge is -2.00.